The van der Waals surface area contributed by atoms with Gasteiger partial charge < -0.3 is 4.90 Å². The van der Waals surface area contributed by atoms with Crippen LogP contribution in [0.2, 0.25) is 0 Å². The molecule has 2 nitrogen and oxygen atoms in total. The molecule has 0 saturated carbocycles. The Bertz CT molecular complexity index is 422. The summed E-state index contributed by atoms with van der Waals surface area (Å²) < 4.78 is 13.1. The molecule has 0 saturated heterocycles. The van der Waals surface area contributed by atoms with Crippen molar-refractivity contribution < 1.29 is 9.18 Å². The predicted octanol–water partition coefficient (Wildman–Crippen LogP) is 3.62. The maximum atomic E-state index is 13.1. The van der Waals surface area contributed by atoms with E-state index in [2.05, 4.69) is 26.5 Å². The largest absolute Gasteiger partial charge is 0.339 e. The first-order chi connectivity index (χ1) is 8.49. The average molecular weight is 269 g/mol. The number of benzene rings is 1. The van der Waals surface area contributed by atoms with Gasteiger partial charge in [-0.2, -0.15) is 0 Å². The summed E-state index contributed by atoms with van der Waals surface area (Å²) in [5, 5.41) is 0. The van der Waals surface area contributed by atoms with Crippen molar-refractivity contribution in [1.29, 1.82) is 0 Å². The Labute approximate surface area is 114 Å². The van der Waals surface area contributed by atoms with Crippen LogP contribution in [-0.2, 0) is 0 Å². The first kappa shape index (κ1) is 15.0. The fourth-order valence-corrected chi connectivity index (χ4v) is 1.90. The van der Waals surface area contributed by atoms with Crippen LogP contribution in [0.5, 0.6) is 0 Å². The molecule has 0 bridgehead atoms. The molecule has 0 fully saturated rings. The summed E-state index contributed by atoms with van der Waals surface area (Å²) in [6, 6.07) is 4.28. The summed E-state index contributed by atoms with van der Waals surface area (Å²) in [4.78, 5) is 14.3. The molecule has 0 N–H and O–H groups in total. The van der Waals surface area contributed by atoms with Crippen LogP contribution in [0, 0.1) is 11.7 Å². The lowest BCUT2D eigenvalue weighted by atomic mass is 10.1. The quantitative estimate of drug-likeness (QED) is 0.809. The van der Waals surface area contributed by atoms with E-state index in [-0.39, 0.29) is 10.8 Å². The van der Waals surface area contributed by atoms with Gasteiger partial charge in [0.1, 0.15) is 5.82 Å². The Morgan fingerprint density at radius 3 is 2.61 bits per heavy atom. The number of hydrogen-bond acceptors (Lipinski definition) is 2. The van der Waals surface area contributed by atoms with Crippen LogP contribution in [0.3, 0.4) is 0 Å². The molecular formula is C14H20FNOS. The van der Waals surface area contributed by atoms with Gasteiger partial charge in [0, 0.05) is 23.5 Å². The Balaban J connectivity index is 2.86. The van der Waals surface area contributed by atoms with Crippen molar-refractivity contribution in [2.75, 3.05) is 13.1 Å². The molecule has 0 aliphatic rings. The van der Waals surface area contributed by atoms with Gasteiger partial charge in [0.05, 0.1) is 0 Å². The van der Waals surface area contributed by atoms with Crippen molar-refractivity contribution in [3.05, 3.63) is 29.6 Å². The minimum Gasteiger partial charge on any atom is -0.339 e. The molecule has 1 atom stereocenters. The predicted molar refractivity (Wildman–Crippen MR) is 74.7 cm³/mol. The summed E-state index contributed by atoms with van der Waals surface area (Å²) in [5.74, 6) is -0.00206. The Hall–Kier alpha value is -1.03. The normalized spacial score (nSPS) is 12.3. The van der Waals surface area contributed by atoms with Gasteiger partial charge in [-0.3, -0.25) is 4.79 Å². The van der Waals surface area contributed by atoms with Crippen LogP contribution in [-0.4, -0.2) is 23.9 Å². The number of carbonyl (C=O) groups is 1. The number of thiol groups is 1. The third-order valence-corrected chi connectivity index (χ3v) is 3.43. The molecule has 0 spiro atoms. The first-order valence-electron chi connectivity index (χ1n) is 6.27. The third kappa shape index (κ3) is 3.73. The van der Waals surface area contributed by atoms with E-state index in [0.717, 1.165) is 13.0 Å². The highest BCUT2D eigenvalue weighted by molar-refractivity contribution is 7.80. The van der Waals surface area contributed by atoms with E-state index in [0.29, 0.717) is 18.0 Å². The van der Waals surface area contributed by atoms with Crippen molar-refractivity contribution in [1.82, 2.24) is 4.90 Å². The lowest BCUT2D eigenvalue weighted by Crippen LogP contribution is -2.34. The van der Waals surface area contributed by atoms with E-state index in [9.17, 15) is 9.18 Å². The molecule has 0 aliphatic carbocycles. The van der Waals surface area contributed by atoms with E-state index in [1.165, 1.54) is 18.2 Å². The molecule has 0 heterocycles. The Morgan fingerprint density at radius 1 is 1.44 bits per heavy atom. The minimum absolute atomic E-state index is 0.0619. The average Bonchev–Trinajstić information content (AvgIpc) is 2.38. The molecule has 0 aliphatic heterocycles. The first-order valence-corrected chi connectivity index (χ1v) is 6.72. The molecular weight excluding hydrogens is 249 g/mol. The number of halogens is 1. The summed E-state index contributed by atoms with van der Waals surface area (Å²) >= 11 is 4.00. The van der Waals surface area contributed by atoms with E-state index < -0.39 is 5.82 Å². The molecule has 1 unspecified atom stereocenters. The maximum Gasteiger partial charge on any atom is 0.253 e. The number of hydrogen-bond donors (Lipinski definition) is 1. The molecule has 1 aromatic carbocycles. The molecule has 18 heavy (non-hydrogen) atoms. The van der Waals surface area contributed by atoms with Gasteiger partial charge in [0.15, 0.2) is 0 Å². The van der Waals surface area contributed by atoms with E-state index >= 15 is 0 Å². The third-order valence-electron chi connectivity index (χ3n) is 3.09. The molecule has 4 heteroatoms. The van der Waals surface area contributed by atoms with Gasteiger partial charge in [0.25, 0.3) is 5.91 Å². The summed E-state index contributed by atoms with van der Waals surface area (Å²) in [6.07, 6.45) is 1.03. The Morgan fingerprint density at radius 2 is 2.11 bits per heavy atom. The van der Waals surface area contributed by atoms with Gasteiger partial charge in [-0.1, -0.05) is 20.3 Å². The lowest BCUT2D eigenvalue weighted by molar-refractivity contribution is 0.0740. The van der Waals surface area contributed by atoms with E-state index in [1.54, 1.807) is 4.90 Å². The molecule has 0 radical (unpaired) electrons. The number of nitrogens with zero attached hydrogens (tertiary/aromatic N) is 1. The van der Waals surface area contributed by atoms with Crippen LogP contribution in [0.15, 0.2) is 23.1 Å². The summed E-state index contributed by atoms with van der Waals surface area (Å²) in [6.45, 7) is 7.55. The summed E-state index contributed by atoms with van der Waals surface area (Å²) in [7, 11) is 0. The van der Waals surface area contributed by atoms with Gasteiger partial charge in [0.2, 0.25) is 0 Å². The SMILES string of the molecule is CCC(C)CN(CC)C(=O)c1ccc(F)c(S)c1. The minimum atomic E-state index is -0.403. The highest BCUT2D eigenvalue weighted by Crippen LogP contribution is 2.16. The maximum absolute atomic E-state index is 13.1. The smallest absolute Gasteiger partial charge is 0.253 e. The summed E-state index contributed by atoms with van der Waals surface area (Å²) in [5.41, 5.74) is 0.492. The van der Waals surface area contributed by atoms with Gasteiger partial charge >= 0.3 is 0 Å². The van der Waals surface area contributed by atoms with Gasteiger partial charge in [-0.25, -0.2) is 4.39 Å². The topological polar surface area (TPSA) is 20.3 Å². The van der Waals surface area contributed by atoms with Crippen molar-refractivity contribution >= 4 is 18.5 Å². The molecule has 1 rings (SSSR count). The zero-order valence-electron chi connectivity index (χ0n) is 11.1. The van der Waals surface area contributed by atoms with Crippen LogP contribution in [0.25, 0.3) is 0 Å². The van der Waals surface area contributed by atoms with Crippen LogP contribution < -0.4 is 0 Å². The second-order valence-corrected chi connectivity index (χ2v) is 5.01. The molecule has 1 amide bonds. The van der Waals surface area contributed by atoms with Crippen molar-refractivity contribution in [2.45, 2.75) is 32.1 Å². The Kier molecular flexibility index (Phi) is 5.66. The zero-order chi connectivity index (χ0) is 13.7. The second kappa shape index (κ2) is 6.78. The molecule has 100 valence electrons. The van der Waals surface area contributed by atoms with Gasteiger partial charge in [-0.05, 0) is 31.0 Å². The lowest BCUT2D eigenvalue weighted by Gasteiger charge is -2.24. The number of amides is 1. The molecule has 1 aromatic rings. The number of carbonyl (C=O) groups excluding carboxylic acids is 1. The fourth-order valence-electron chi connectivity index (χ4n) is 1.69. The molecule has 0 aromatic heterocycles. The second-order valence-electron chi connectivity index (χ2n) is 4.52. The van der Waals surface area contributed by atoms with Crippen LogP contribution in [0.1, 0.15) is 37.6 Å². The van der Waals surface area contributed by atoms with E-state index in [4.69, 9.17) is 0 Å². The highest BCUT2D eigenvalue weighted by atomic mass is 32.1. The van der Waals surface area contributed by atoms with E-state index in [1.807, 2.05) is 6.92 Å². The van der Waals surface area contributed by atoms with Gasteiger partial charge in [-0.15, -0.1) is 12.6 Å². The van der Waals surface area contributed by atoms with Crippen LogP contribution in [0.4, 0.5) is 4.39 Å². The van der Waals surface area contributed by atoms with Crippen molar-refractivity contribution in [3.8, 4) is 0 Å². The van der Waals surface area contributed by atoms with Crippen molar-refractivity contribution in [2.24, 2.45) is 5.92 Å². The number of rotatable bonds is 5. The van der Waals surface area contributed by atoms with Crippen LogP contribution >= 0.6 is 12.6 Å². The van der Waals surface area contributed by atoms with Crippen molar-refractivity contribution in [3.63, 3.8) is 0 Å². The standard InChI is InChI=1S/C14H20FNOS/c1-4-10(3)9-16(5-2)14(17)11-6-7-12(15)13(18)8-11/h6-8,10,18H,4-5,9H2,1-3H3. The monoisotopic (exact) mass is 269 g/mol. The highest BCUT2D eigenvalue weighted by Gasteiger charge is 2.16. The fraction of sp³-hybridized carbons (Fsp3) is 0.500. The zero-order valence-corrected chi connectivity index (χ0v) is 12.0.